The van der Waals surface area contributed by atoms with E-state index >= 15 is 0 Å². The number of anilines is 6. The van der Waals surface area contributed by atoms with Crippen LogP contribution in [0.15, 0.2) is 188 Å². The predicted molar refractivity (Wildman–Crippen MR) is 254 cm³/mol. The summed E-state index contributed by atoms with van der Waals surface area (Å²) in [5, 5.41) is 11.4. The maximum atomic E-state index is 2.45. The molecule has 11 aromatic rings. The van der Waals surface area contributed by atoms with Gasteiger partial charge >= 0.3 is 0 Å². The van der Waals surface area contributed by atoms with Gasteiger partial charge in [-0.25, -0.2) is 0 Å². The van der Waals surface area contributed by atoms with Crippen molar-refractivity contribution in [1.82, 2.24) is 0 Å². The molecule has 0 bridgehead atoms. The van der Waals surface area contributed by atoms with Crippen LogP contribution in [0.4, 0.5) is 34.1 Å². The smallest absolute Gasteiger partial charge is 0.0546 e. The SMILES string of the molecule is C1=Cc2sc3cc(N(c4ccccc4)c4cccc5c4ccc4c6ccccc6c(N(c6ccccc6)c6ccc7c(c6)sc6ccccc67)cc54)ccc3c2CC1. The van der Waals surface area contributed by atoms with Crippen molar-refractivity contribution < 1.29 is 0 Å². The van der Waals surface area contributed by atoms with Gasteiger partial charge in [0.15, 0.2) is 0 Å². The van der Waals surface area contributed by atoms with E-state index in [1.165, 1.54) is 78.7 Å². The summed E-state index contributed by atoms with van der Waals surface area (Å²) in [6, 6.07) is 67.3. The van der Waals surface area contributed by atoms with Gasteiger partial charge in [0.05, 0.1) is 11.4 Å². The van der Waals surface area contributed by atoms with Crippen molar-refractivity contribution in [2.45, 2.75) is 12.8 Å². The van der Waals surface area contributed by atoms with Gasteiger partial charge in [0, 0.05) is 63.3 Å². The summed E-state index contributed by atoms with van der Waals surface area (Å²) in [6.45, 7) is 0. The van der Waals surface area contributed by atoms with Gasteiger partial charge in [-0.3, -0.25) is 0 Å². The molecule has 0 amide bonds. The summed E-state index contributed by atoms with van der Waals surface area (Å²) in [5.74, 6) is 0. The zero-order chi connectivity index (χ0) is 38.2. The molecule has 2 aromatic heterocycles. The highest BCUT2D eigenvalue weighted by molar-refractivity contribution is 7.25. The third-order valence-corrected chi connectivity index (χ3v) is 14.2. The van der Waals surface area contributed by atoms with Gasteiger partial charge in [0.25, 0.3) is 0 Å². The third kappa shape index (κ3) is 5.30. The van der Waals surface area contributed by atoms with Crippen LogP contribution in [0.1, 0.15) is 16.9 Å². The van der Waals surface area contributed by atoms with Crippen molar-refractivity contribution >= 4 is 125 Å². The Hall–Kier alpha value is -6.72. The highest BCUT2D eigenvalue weighted by atomic mass is 32.1. The Bertz CT molecular complexity index is 3410. The van der Waals surface area contributed by atoms with Gasteiger partial charge in [0.2, 0.25) is 0 Å². The predicted octanol–water partition coefficient (Wildman–Crippen LogP) is 16.6. The number of allylic oxidation sites excluding steroid dienone is 1. The molecule has 0 fully saturated rings. The van der Waals surface area contributed by atoms with Crippen LogP contribution in [-0.2, 0) is 6.42 Å². The van der Waals surface area contributed by atoms with Crippen LogP contribution in [0, 0.1) is 0 Å². The molecule has 0 atom stereocenters. The Labute approximate surface area is 344 Å². The summed E-state index contributed by atoms with van der Waals surface area (Å²) in [4.78, 5) is 6.30. The Morgan fingerprint density at radius 2 is 0.879 bits per heavy atom. The molecule has 0 N–H and O–H groups in total. The lowest BCUT2D eigenvalue weighted by molar-refractivity contribution is 1.01. The van der Waals surface area contributed by atoms with Crippen LogP contribution in [0.2, 0.25) is 0 Å². The molecule has 58 heavy (non-hydrogen) atoms. The first-order chi connectivity index (χ1) is 28.8. The molecule has 0 saturated heterocycles. The Morgan fingerprint density at radius 1 is 0.345 bits per heavy atom. The molecule has 9 aromatic carbocycles. The average Bonchev–Trinajstić information content (AvgIpc) is 3.85. The molecule has 4 heteroatoms. The number of nitrogens with zero attached hydrogens (tertiary/aromatic N) is 2. The number of benzene rings is 9. The lowest BCUT2D eigenvalue weighted by Crippen LogP contribution is -2.11. The maximum Gasteiger partial charge on any atom is 0.0546 e. The van der Waals surface area contributed by atoms with Crippen molar-refractivity contribution in [3.63, 3.8) is 0 Å². The fourth-order valence-electron chi connectivity index (χ4n) is 9.26. The van der Waals surface area contributed by atoms with Crippen molar-refractivity contribution in [2.24, 2.45) is 0 Å². The molecule has 0 aliphatic heterocycles. The summed E-state index contributed by atoms with van der Waals surface area (Å²) in [7, 11) is 0. The summed E-state index contributed by atoms with van der Waals surface area (Å²) >= 11 is 3.78. The third-order valence-electron chi connectivity index (χ3n) is 11.9. The molecule has 0 radical (unpaired) electrons. The van der Waals surface area contributed by atoms with Gasteiger partial charge in [-0.1, -0.05) is 121 Å². The topological polar surface area (TPSA) is 6.48 Å². The molecule has 12 rings (SSSR count). The van der Waals surface area contributed by atoms with Crippen molar-refractivity contribution in [2.75, 3.05) is 9.80 Å². The molecular formula is C54H36N2S2. The Balaban J connectivity index is 1.10. The van der Waals surface area contributed by atoms with Crippen LogP contribution in [0.25, 0.3) is 68.7 Å². The van der Waals surface area contributed by atoms with E-state index in [1.54, 1.807) is 0 Å². The minimum absolute atomic E-state index is 1.11. The lowest BCUT2D eigenvalue weighted by Gasteiger charge is -2.29. The average molecular weight is 777 g/mol. The zero-order valence-corrected chi connectivity index (χ0v) is 33.2. The molecule has 2 nitrogen and oxygen atoms in total. The zero-order valence-electron chi connectivity index (χ0n) is 31.6. The van der Waals surface area contributed by atoms with Gasteiger partial charge < -0.3 is 9.80 Å². The molecule has 274 valence electrons. The molecular weight excluding hydrogens is 741 g/mol. The van der Waals surface area contributed by atoms with E-state index in [2.05, 4.69) is 204 Å². The van der Waals surface area contributed by atoms with Crippen molar-refractivity contribution in [3.05, 3.63) is 199 Å². The number of thiophene rings is 2. The van der Waals surface area contributed by atoms with Crippen LogP contribution in [0.3, 0.4) is 0 Å². The highest BCUT2D eigenvalue weighted by Crippen LogP contribution is 2.48. The second kappa shape index (κ2) is 13.5. The number of hydrogen-bond donors (Lipinski definition) is 0. The molecule has 0 spiro atoms. The largest absolute Gasteiger partial charge is 0.310 e. The number of para-hydroxylation sites is 2. The van der Waals surface area contributed by atoms with E-state index in [0.29, 0.717) is 0 Å². The minimum Gasteiger partial charge on any atom is -0.310 e. The highest BCUT2D eigenvalue weighted by Gasteiger charge is 2.22. The molecule has 1 aliphatic rings. The van der Waals surface area contributed by atoms with Crippen LogP contribution in [0.5, 0.6) is 0 Å². The quantitative estimate of drug-likeness (QED) is 0.155. The number of hydrogen-bond acceptors (Lipinski definition) is 4. The first-order valence-corrected chi connectivity index (χ1v) is 21.6. The van der Waals surface area contributed by atoms with Gasteiger partial charge in [0.1, 0.15) is 0 Å². The summed E-state index contributed by atoms with van der Waals surface area (Å²) in [6.07, 6.45) is 6.85. The molecule has 0 saturated carbocycles. The van der Waals surface area contributed by atoms with Gasteiger partial charge in [-0.15, -0.1) is 22.7 Å². The van der Waals surface area contributed by atoms with E-state index in [-0.39, 0.29) is 0 Å². The number of aryl methyl sites for hydroxylation is 1. The number of fused-ring (bicyclic) bond motifs is 11. The fourth-order valence-corrected chi connectivity index (χ4v) is 11.6. The standard InChI is InChI=1S/C54H36N2S2/c1-3-14-35(15-4-1)55(37-26-28-46-44-20-9-11-24-51(44)57-53(46)32-37)49-23-13-22-40-43(49)31-30-41-39-18-7-8-19-42(39)50(34-48(40)41)56(36-16-5-2-6-17-36)38-27-29-47-45-21-10-12-25-52(45)58-54(47)33-38/h1-8,10-19,21-34H,9,20H2. The van der Waals surface area contributed by atoms with E-state index in [4.69, 9.17) is 0 Å². The van der Waals surface area contributed by atoms with Crippen molar-refractivity contribution in [3.8, 4) is 0 Å². The Morgan fingerprint density at radius 3 is 1.66 bits per heavy atom. The second-order valence-corrected chi connectivity index (χ2v) is 17.3. The molecule has 0 unspecified atom stereocenters. The van der Waals surface area contributed by atoms with E-state index in [0.717, 1.165) is 41.3 Å². The first kappa shape index (κ1) is 33.4. The maximum absolute atomic E-state index is 2.45. The van der Waals surface area contributed by atoms with Crippen LogP contribution in [-0.4, -0.2) is 0 Å². The van der Waals surface area contributed by atoms with Crippen LogP contribution < -0.4 is 9.80 Å². The monoisotopic (exact) mass is 776 g/mol. The summed E-state index contributed by atoms with van der Waals surface area (Å²) in [5.41, 5.74) is 8.40. The van der Waals surface area contributed by atoms with Crippen molar-refractivity contribution in [1.29, 1.82) is 0 Å². The van der Waals surface area contributed by atoms with E-state index < -0.39 is 0 Å². The van der Waals surface area contributed by atoms with Gasteiger partial charge in [-0.05, 0) is 118 Å². The molecule has 2 heterocycles. The Kier molecular flexibility index (Phi) is 7.75. The minimum atomic E-state index is 1.11. The number of rotatable bonds is 6. The van der Waals surface area contributed by atoms with E-state index in [9.17, 15) is 0 Å². The first-order valence-electron chi connectivity index (χ1n) is 20.0. The van der Waals surface area contributed by atoms with Gasteiger partial charge in [-0.2, -0.15) is 0 Å². The normalized spacial score (nSPS) is 12.6. The van der Waals surface area contributed by atoms with Crippen LogP contribution >= 0.6 is 22.7 Å². The second-order valence-electron chi connectivity index (χ2n) is 15.2. The molecule has 1 aliphatic carbocycles. The fraction of sp³-hybridized carbons (Fsp3) is 0.0370. The van der Waals surface area contributed by atoms with E-state index in [1.807, 2.05) is 22.7 Å². The summed E-state index contributed by atoms with van der Waals surface area (Å²) < 4.78 is 3.94. The lowest BCUT2D eigenvalue weighted by atomic mass is 9.94.